The van der Waals surface area contributed by atoms with Crippen LogP contribution < -0.4 is 4.72 Å². The standard InChI is InChI=1S/C12H25NO4S/c1-10(2)9-18(16,17)13-8-7-12(3,4)6-5-11(14)15/h10,13H,5-9H2,1-4H3,(H,14,15). The van der Waals surface area contributed by atoms with Gasteiger partial charge in [0.05, 0.1) is 5.75 Å². The van der Waals surface area contributed by atoms with E-state index in [9.17, 15) is 13.2 Å². The maximum Gasteiger partial charge on any atom is 0.303 e. The van der Waals surface area contributed by atoms with Gasteiger partial charge in [-0.1, -0.05) is 27.7 Å². The number of hydrogen-bond donors (Lipinski definition) is 2. The fourth-order valence-corrected chi connectivity index (χ4v) is 3.02. The summed E-state index contributed by atoms with van der Waals surface area (Å²) in [5.41, 5.74) is -0.168. The van der Waals surface area contributed by atoms with Crippen molar-refractivity contribution in [3.05, 3.63) is 0 Å². The first-order valence-electron chi connectivity index (χ1n) is 6.23. The number of sulfonamides is 1. The molecule has 5 nitrogen and oxygen atoms in total. The molecule has 0 heterocycles. The highest BCUT2D eigenvalue weighted by atomic mass is 32.2. The van der Waals surface area contributed by atoms with Crippen molar-refractivity contribution in [2.45, 2.75) is 47.0 Å². The van der Waals surface area contributed by atoms with Gasteiger partial charge in [-0.3, -0.25) is 4.79 Å². The Balaban J connectivity index is 4.06. The van der Waals surface area contributed by atoms with Crippen LogP contribution in [0.5, 0.6) is 0 Å². The third-order valence-electron chi connectivity index (χ3n) is 2.69. The van der Waals surface area contributed by atoms with E-state index in [0.717, 1.165) is 0 Å². The summed E-state index contributed by atoms with van der Waals surface area (Å²) in [5.74, 6) is -0.589. The van der Waals surface area contributed by atoms with Gasteiger partial charge in [-0.25, -0.2) is 13.1 Å². The molecule has 2 N–H and O–H groups in total. The van der Waals surface area contributed by atoms with Crippen molar-refractivity contribution in [1.29, 1.82) is 0 Å². The summed E-state index contributed by atoms with van der Waals surface area (Å²) in [6, 6.07) is 0. The third kappa shape index (κ3) is 9.41. The minimum Gasteiger partial charge on any atom is -0.481 e. The highest BCUT2D eigenvalue weighted by Crippen LogP contribution is 2.26. The molecule has 18 heavy (non-hydrogen) atoms. The van der Waals surface area contributed by atoms with Crippen LogP contribution in [0.2, 0.25) is 0 Å². The molecule has 0 aliphatic rings. The fraction of sp³-hybridized carbons (Fsp3) is 0.917. The Morgan fingerprint density at radius 1 is 1.28 bits per heavy atom. The van der Waals surface area contributed by atoms with Crippen LogP contribution in [0.15, 0.2) is 0 Å². The summed E-state index contributed by atoms with van der Waals surface area (Å²) in [5, 5.41) is 8.62. The second-order valence-corrected chi connectivity index (χ2v) is 7.73. The number of carbonyl (C=O) groups is 1. The average Bonchev–Trinajstić information content (AvgIpc) is 2.12. The van der Waals surface area contributed by atoms with Crippen molar-refractivity contribution in [3.63, 3.8) is 0 Å². The summed E-state index contributed by atoms with van der Waals surface area (Å²) < 4.78 is 25.7. The van der Waals surface area contributed by atoms with E-state index in [4.69, 9.17) is 5.11 Å². The quantitative estimate of drug-likeness (QED) is 0.674. The van der Waals surface area contributed by atoms with Gasteiger partial charge in [0.1, 0.15) is 0 Å². The number of hydrogen-bond acceptors (Lipinski definition) is 3. The molecular formula is C12H25NO4S. The van der Waals surface area contributed by atoms with E-state index in [1.807, 2.05) is 27.7 Å². The summed E-state index contributed by atoms with van der Waals surface area (Å²) in [7, 11) is -3.20. The molecule has 0 saturated heterocycles. The van der Waals surface area contributed by atoms with Gasteiger partial charge in [0.2, 0.25) is 10.0 Å². The van der Waals surface area contributed by atoms with Crippen molar-refractivity contribution < 1.29 is 18.3 Å². The molecule has 108 valence electrons. The van der Waals surface area contributed by atoms with E-state index >= 15 is 0 Å². The molecule has 0 atom stereocenters. The normalized spacial score (nSPS) is 12.9. The van der Waals surface area contributed by atoms with Crippen molar-refractivity contribution >= 4 is 16.0 Å². The number of rotatable bonds is 9. The molecule has 0 aromatic heterocycles. The first-order valence-corrected chi connectivity index (χ1v) is 7.88. The Morgan fingerprint density at radius 3 is 2.28 bits per heavy atom. The van der Waals surface area contributed by atoms with Crippen LogP contribution in [0.4, 0.5) is 0 Å². The van der Waals surface area contributed by atoms with Gasteiger partial charge in [-0.2, -0.15) is 0 Å². The molecule has 0 aliphatic carbocycles. The first-order chi connectivity index (χ1) is 8.04. The Hall–Kier alpha value is -0.620. The van der Waals surface area contributed by atoms with Crippen LogP contribution >= 0.6 is 0 Å². The van der Waals surface area contributed by atoms with E-state index in [-0.39, 0.29) is 23.5 Å². The van der Waals surface area contributed by atoms with Gasteiger partial charge in [0.15, 0.2) is 0 Å². The van der Waals surface area contributed by atoms with E-state index in [0.29, 0.717) is 19.4 Å². The highest BCUT2D eigenvalue weighted by Gasteiger charge is 2.20. The van der Waals surface area contributed by atoms with Gasteiger partial charge >= 0.3 is 5.97 Å². The zero-order valence-electron chi connectivity index (χ0n) is 11.7. The Morgan fingerprint density at radius 2 is 1.83 bits per heavy atom. The van der Waals surface area contributed by atoms with Crippen LogP contribution in [0.3, 0.4) is 0 Å². The van der Waals surface area contributed by atoms with Crippen molar-refractivity contribution in [3.8, 4) is 0 Å². The van der Waals surface area contributed by atoms with Crippen molar-refractivity contribution in [1.82, 2.24) is 4.72 Å². The number of carboxylic acid groups (broad SMARTS) is 1. The van der Waals surface area contributed by atoms with E-state index in [1.54, 1.807) is 0 Å². The van der Waals surface area contributed by atoms with Gasteiger partial charge in [0.25, 0.3) is 0 Å². The molecule has 0 aliphatic heterocycles. The topological polar surface area (TPSA) is 83.5 Å². The maximum atomic E-state index is 11.6. The van der Waals surface area contributed by atoms with Gasteiger partial charge in [-0.15, -0.1) is 0 Å². The highest BCUT2D eigenvalue weighted by molar-refractivity contribution is 7.89. The molecule has 0 aromatic rings. The van der Waals surface area contributed by atoms with E-state index in [2.05, 4.69) is 4.72 Å². The van der Waals surface area contributed by atoms with Crippen LogP contribution in [-0.4, -0.2) is 31.8 Å². The molecule has 6 heteroatoms. The maximum absolute atomic E-state index is 11.6. The predicted molar refractivity (Wildman–Crippen MR) is 71.9 cm³/mol. The lowest BCUT2D eigenvalue weighted by Gasteiger charge is -2.23. The summed E-state index contributed by atoms with van der Waals surface area (Å²) >= 11 is 0. The Labute approximate surface area is 110 Å². The molecule has 0 fully saturated rings. The first kappa shape index (κ1) is 17.4. The third-order valence-corrected chi connectivity index (χ3v) is 4.44. The molecule has 0 aromatic carbocycles. The lowest BCUT2D eigenvalue weighted by atomic mass is 9.84. The molecule has 0 spiro atoms. The van der Waals surface area contributed by atoms with Gasteiger partial charge in [-0.05, 0) is 24.2 Å². The fourth-order valence-electron chi connectivity index (χ4n) is 1.61. The van der Waals surface area contributed by atoms with Crippen LogP contribution in [0.1, 0.15) is 47.0 Å². The zero-order chi connectivity index (χ0) is 14.4. The van der Waals surface area contributed by atoms with Gasteiger partial charge < -0.3 is 5.11 Å². The number of nitrogens with one attached hydrogen (secondary N) is 1. The predicted octanol–water partition coefficient (Wildman–Crippen LogP) is 1.84. The molecule has 0 saturated carbocycles. The monoisotopic (exact) mass is 279 g/mol. The van der Waals surface area contributed by atoms with E-state index in [1.165, 1.54) is 0 Å². The largest absolute Gasteiger partial charge is 0.481 e. The molecule has 0 rings (SSSR count). The van der Waals surface area contributed by atoms with Gasteiger partial charge in [0, 0.05) is 13.0 Å². The molecule has 0 unspecified atom stereocenters. The molecule has 0 radical (unpaired) electrons. The summed E-state index contributed by atoms with van der Waals surface area (Å²) in [6.07, 6.45) is 1.30. The summed E-state index contributed by atoms with van der Waals surface area (Å²) in [4.78, 5) is 10.5. The minimum atomic E-state index is -3.20. The molecule has 0 amide bonds. The van der Waals surface area contributed by atoms with Crippen molar-refractivity contribution in [2.75, 3.05) is 12.3 Å². The molecular weight excluding hydrogens is 254 g/mol. The second kappa shape index (κ2) is 7.09. The zero-order valence-corrected chi connectivity index (χ0v) is 12.5. The summed E-state index contributed by atoms with van der Waals surface area (Å²) in [6.45, 7) is 7.98. The second-order valence-electron chi connectivity index (χ2n) is 5.88. The molecule has 0 bridgehead atoms. The van der Waals surface area contributed by atoms with E-state index < -0.39 is 16.0 Å². The Bertz CT molecular complexity index is 360. The number of aliphatic carboxylic acids is 1. The number of carboxylic acids is 1. The average molecular weight is 279 g/mol. The van der Waals surface area contributed by atoms with Crippen molar-refractivity contribution in [2.24, 2.45) is 11.3 Å². The van der Waals surface area contributed by atoms with Crippen LogP contribution in [0, 0.1) is 11.3 Å². The SMILES string of the molecule is CC(C)CS(=O)(=O)NCCC(C)(C)CCC(=O)O. The minimum absolute atomic E-state index is 0.0996. The van der Waals surface area contributed by atoms with Crippen LogP contribution in [0.25, 0.3) is 0 Å². The lowest BCUT2D eigenvalue weighted by molar-refractivity contribution is -0.137. The smallest absolute Gasteiger partial charge is 0.303 e. The Kier molecular flexibility index (Phi) is 6.84. The van der Waals surface area contributed by atoms with Crippen LogP contribution in [-0.2, 0) is 14.8 Å². The lowest BCUT2D eigenvalue weighted by Crippen LogP contribution is -2.31.